The monoisotopic (exact) mass is 311 g/mol. The average Bonchev–Trinajstić information content (AvgIpc) is 2.47. The van der Waals surface area contributed by atoms with E-state index in [4.69, 9.17) is 13.6 Å². The van der Waals surface area contributed by atoms with Crippen molar-refractivity contribution in [1.82, 2.24) is 4.98 Å². The first kappa shape index (κ1) is 17.8. The molecular weight excluding hydrogens is 286 g/mol. The predicted molar refractivity (Wildman–Crippen MR) is 83.1 cm³/mol. The Morgan fingerprint density at radius 2 is 1.81 bits per heavy atom. The van der Waals surface area contributed by atoms with Crippen molar-refractivity contribution in [2.75, 3.05) is 13.2 Å². The van der Waals surface area contributed by atoms with Gasteiger partial charge in [-0.25, -0.2) is 0 Å². The third-order valence-corrected chi connectivity index (χ3v) is 5.32. The summed E-state index contributed by atoms with van der Waals surface area (Å²) in [6.45, 7) is 7.09. The molecule has 1 heterocycles. The summed E-state index contributed by atoms with van der Waals surface area (Å²) < 4.78 is 17.0. The summed E-state index contributed by atoms with van der Waals surface area (Å²) in [6.07, 6.45) is 5.30. The molecule has 1 unspecified atom stereocenters. The first-order valence-electron chi connectivity index (χ1n) is 7.52. The normalized spacial score (nSPS) is 12.4. The lowest BCUT2D eigenvalue weighted by Crippen LogP contribution is -2.41. The molecule has 0 aliphatic carbocycles. The van der Waals surface area contributed by atoms with E-state index < -0.39 is 9.28 Å². The maximum absolute atomic E-state index is 12.1. The number of hydrogen-bond acceptors (Lipinski definition) is 5. The van der Waals surface area contributed by atoms with Crippen LogP contribution in [0.2, 0.25) is 0 Å². The molecule has 0 aliphatic heterocycles. The highest BCUT2D eigenvalue weighted by Crippen LogP contribution is 2.11. The second kappa shape index (κ2) is 10.5. The van der Waals surface area contributed by atoms with E-state index in [1.54, 1.807) is 12.4 Å². The fourth-order valence-electron chi connectivity index (χ4n) is 2.00. The van der Waals surface area contributed by atoms with Crippen molar-refractivity contribution in [3.05, 3.63) is 30.1 Å². The van der Waals surface area contributed by atoms with Gasteiger partial charge in [-0.1, -0.05) is 13.3 Å². The van der Waals surface area contributed by atoms with E-state index in [2.05, 4.69) is 11.9 Å². The largest absolute Gasteiger partial charge is 0.461 e. The fraction of sp³-hybridized carbons (Fsp3) is 0.600. The van der Waals surface area contributed by atoms with Gasteiger partial charge in [0.1, 0.15) is 5.73 Å². The SMILES string of the molecule is CCCC(OC(=O)Cc1ccncc1)[SiH](OCC)OCC. The van der Waals surface area contributed by atoms with Crippen LogP contribution in [0.5, 0.6) is 0 Å². The molecule has 5 nitrogen and oxygen atoms in total. The van der Waals surface area contributed by atoms with Gasteiger partial charge in [0, 0.05) is 25.6 Å². The second-order valence-corrected chi connectivity index (χ2v) is 6.78. The molecule has 21 heavy (non-hydrogen) atoms. The van der Waals surface area contributed by atoms with Gasteiger partial charge in [-0.3, -0.25) is 9.78 Å². The number of pyridine rings is 1. The van der Waals surface area contributed by atoms with E-state index in [0.717, 1.165) is 18.4 Å². The first-order valence-corrected chi connectivity index (χ1v) is 9.13. The smallest absolute Gasteiger partial charge is 0.363 e. The molecule has 0 aliphatic rings. The highest BCUT2D eigenvalue weighted by molar-refractivity contribution is 6.46. The molecule has 0 spiro atoms. The molecule has 0 aromatic carbocycles. The zero-order valence-corrected chi connectivity index (χ0v) is 14.2. The van der Waals surface area contributed by atoms with Gasteiger partial charge < -0.3 is 13.6 Å². The zero-order chi connectivity index (χ0) is 15.5. The van der Waals surface area contributed by atoms with E-state index in [1.165, 1.54) is 0 Å². The molecule has 0 N–H and O–H groups in total. The van der Waals surface area contributed by atoms with Gasteiger partial charge in [-0.2, -0.15) is 0 Å². The minimum absolute atomic E-state index is 0.232. The number of nitrogens with zero attached hydrogens (tertiary/aromatic N) is 1. The molecule has 1 aromatic heterocycles. The van der Waals surface area contributed by atoms with Crippen molar-refractivity contribution in [1.29, 1.82) is 0 Å². The number of aromatic nitrogens is 1. The molecule has 0 radical (unpaired) electrons. The molecule has 6 heteroatoms. The van der Waals surface area contributed by atoms with Crippen molar-refractivity contribution in [2.45, 2.75) is 45.8 Å². The maximum atomic E-state index is 12.1. The molecule has 0 amide bonds. The highest BCUT2D eigenvalue weighted by Gasteiger charge is 2.29. The van der Waals surface area contributed by atoms with E-state index in [1.807, 2.05) is 26.0 Å². The molecule has 1 aromatic rings. The van der Waals surface area contributed by atoms with Crippen molar-refractivity contribution >= 4 is 15.3 Å². The number of carbonyl (C=O) groups is 1. The highest BCUT2D eigenvalue weighted by atomic mass is 28.3. The van der Waals surface area contributed by atoms with Gasteiger partial charge >= 0.3 is 15.3 Å². The van der Waals surface area contributed by atoms with E-state index in [9.17, 15) is 4.79 Å². The zero-order valence-electron chi connectivity index (χ0n) is 13.1. The second-order valence-electron chi connectivity index (χ2n) is 4.63. The number of ether oxygens (including phenoxy) is 1. The van der Waals surface area contributed by atoms with Crippen LogP contribution in [0.25, 0.3) is 0 Å². The Labute approximate surface area is 128 Å². The molecule has 118 valence electrons. The summed E-state index contributed by atoms with van der Waals surface area (Å²) in [5.41, 5.74) is 0.667. The summed E-state index contributed by atoms with van der Waals surface area (Å²) in [5, 5.41) is 0. The maximum Gasteiger partial charge on any atom is 0.363 e. The molecule has 1 atom stereocenters. The Morgan fingerprint density at radius 1 is 1.19 bits per heavy atom. The van der Waals surface area contributed by atoms with Gasteiger partial charge in [-0.05, 0) is 38.0 Å². The molecule has 0 saturated carbocycles. The number of esters is 1. The summed E-state index contributed by atoms with van der Waals surface area (Å²) in [6, 6.07) is 3.63. The van der Waals surface area contributed by atoms with E-state index >= 15 is 0 Å². The molecule has 0 saturated heterocycles. The Morgan fingerprint density at radius 3 is 2.33 bits per heavy atom. The third kappa shape index (κ3) is 6.84. The van der Waals surface area contributed by atoms with Crippen LogP contribution in [0.4, 0.5) is 0 Å². The van der Waals surface area contributed by atoms with Crippen LogP contribution in [0, 0.1) is 0 Å². The first-order chi connectivity index (χ1) is 10.2. The lowest BCUT2D eigenvalue weighted by atomic mass is 10.2. The summed E-state index contributed by atoms with van der Waals surface area (Å²) in [4.78, 5) is 16.0. The summed E-state index contributed by atoms with van der Waals surface area (Å²) >= 11 is 0. The quantitative estimate of drug-likeness (QED) is 0.489. The van der Waals surface area contributed by atoms with Gasteiger partial charge in [0.05, 0.1) is 6.42 Å². The van der Waals surface area contributed by atoms with Crippen LogP contribution < -0.4 is 0 Å². The minimum atomic E-state index is -1.99. The Bertz CT molecular complexity index is 396. The molecule has 0 fully saturated rings. The Kier molecular flexibility index (Phi) is 8.89. The lowest BCUT2D eigenvalue weighted by Gasteiger charge is -2.24. The van der Waals surface area contributed by atoms with Crippen molar-refractivity contribution in [3.8, 4) is 0 Å². The minimum Gasteiger partial charge on any atom is -0.461 e. The van der Waals surface area contributed by atoms with Crippen LogP contribution in [-0.2, 0) is 24.8 Å². The van der Waals surface area contributed by atoms with Crippen LogP contribution in [0.1, 0.15) is 39.2 Å². The van der Waals surface area contributed by atoms with Crippen molar-refractivity contribution in [2.24, 2.45) is 0 Å². The van der Waals surface area contributed by atoms with Gasteiger partial charge in [0.25, 0.3) is 0 Å². The number of rotatable bonds is 10. The topological polar surface area (TPSA) is 57.7 Å². The van der Waals surface area contributed by atoms with E-state index in [0.29, 0.717) is 13.2 Å². The van der Waals surface area contributed by atoms with Gasteiger partial charge in [-0.15, -0.1) is 0 Å². The van der Waals surface area contributed by atoms with Crippen LogP contribution in [0.15, 0.2) is 24.5 Å². The van der Waals surface area contributed by atoms with Crippen LogP contribution in [0.3, 0.4) is 0 Å². The molecule has 1 rings (SSSR count). The number of hydrogen-bond donors (Lipinski definition) is 0. The molecule has 0 bridgehead atoms. The van der Waals surface area contributed by atoms with Crippen molar-refractivity contribution < 1.29 is 18.4 Å². The predicted octanol–water partition coefficient (Wildman–Crippen LogP) is 2.17. The standard InChI is InChI=1S/C15H25NO4Si/c1-4-7-15(21(18-5-2)19-6-3)20-14(17)12-13-8-10-16-11-9-13/h8-11,15,21H,4-7,12H2,1-3H3. The summed E-state index contributed by atoms with van der Waals surface area (Å²) in [5.74, 6) is -0.239. The van der Waals surface area contributed by atoms with Crippen molar-refractivity contribution in [3.63, 3.8) is 0 Å². The van der Waals surface area contributed by atoms with Crippen LogP contribution >= 0.6 is 0 Å². The Balaban J connectivity index is 2.61. The van der Waals surface area contributed by atoms with E-state index in [-0.39, 0.29) is 18.1 Å². The van der Waals surface area contributed by atoms with Gasteiger partial charge in [0.2, 0.25) is 0 Å². The lowest BCUT2D eigenvalue weighted by molar-refractivity contribution is -0.146. The summed E-state index contributed by atoms with van der Waals surface area (Å²) in [7, 11) is -1.99. The molecular formula is C15H25NO4Si. The van der Waals surface area contributed by atoms with Crippen LogP contribution in [-0.4, -0.2) is 39.2 Å². The Hall–Kier alpha value is -1.24. The third-order valence-electron chi connectivity index (χ3n) is 2.92. The van der Waals surface area contributed by atoms with Gasteiger partial charge in [0.15, 0.2) is 0 Å². The number of carbonyl (C=O) groups excluding carboxylic acids is 1. The fourth-order valence-corrected chi connectivity index (χ4v) is 4.06. The average molecular weight is 311 g/mol.